The summed E-state index contributed by atoms with van der Waals surface area (Å²) in [6, 6.07) is 10.9. The number of nitrogens with zero attached hydrogens (tertiary/aromatic N) is 1. The van der Waals surface area contributed by atoms with E-state index in [1.165, 1.54) is 0 Å². The van der Waals surface area contributed by atoms with Crippen LogP contribution in [0.1, 0.15) is 17.5 Å². The van der Waals surface area contributed by atoms with E-state index in [9.17, 15) is 4.79 Å². The fourth-order valence-corrected chi connectivity index (χ4v) is 2.65. The molecule has 1 saturated heterocycles. The minimum absolute atomic E-state index is 0.0562. The lowest BCUT2D eigenvalue weighted by molar-refractivity contribution is -0.0134. The average Bonchev–Trinajstić information content (AvgIpc) is 2.96. The van der Waals surface area contributed by atoms with Crippen LogP contribution in [-0.2, 0) is 4.74 Å². The smallest absolute Gasteiger partial charge is 0.289 e. The number of benzene rings is 1. The first kappa shape index (κ1) is 14.2. The van der Waals surface area contributed by atoms with Crippen LogP contribution in [-0.4, -0.2) is 36.6 Å². The zero-order chi connectivity index (χ0) is 14.8. The van der Waals surface area contributed by atoms with Gasteiger partial charge >= 0.3 is 0 Å². The van der Waals surface area contributed by atoms with E-state index < -0.39 is 0 Å². The second kappa shape index (κ2) is 5.92. The maximum Gasteiger partial charge on any atom is 0.289 e. The molecular weight excluding hydrogens is 290 g/mol. The van der Waals surface area contributed by atoms with Crippen LogP contribution in [0.2, 0.25) is 5.02 Å². The van der Waals surface area contributed by atoms with E-state index in [1.807, 2.05) is 25.1 Å². The summed E-state index contributed by atoms with van der Waals surface area (Å²) in [5.41, 5.74) is 0.786. The second-order valence-electron chi connectivity index (χ2n) is 5.08. The van der Waals surface area contributed by atoms with E-state index in [2.05, 4.69) is 0 Å². The van der Waals surface area contributed by atoms with Crippen molar-refractivity contribution in [2.75, 3.05) is 19.7 Å². The number of hydrogen-bond acceptors (Lipinski definition) is 3. The molecule has 2 heterocycles. The first-order valence-electron chi connectivity index (χ1n) is 6.91. The Morgan fingerprint density at radius 1 is 1.29 bits per heavy atom. The molecule has 3 rings (SSSR count). The van der Waals surface area contributed by atoms with Crippen LogP contribution >= 0.6 is 11.6 Å². The molecule has 1 aromatic carbocycles. The van der Waals surface area contributed by atoms with Crippen molar-refractivity contribution in [2.45, 2.75) is 13.0 Å². The molecule has 1 aliphatic heterocycles. The number of carbonyl (C=O) groups is 1. The van der Waals surface area contributed by atoms with E-state index >= 15 is 0 Å². The number of hydrogen-bond donors (Lipinski definition) is 0. The molecular formula is C16H16ClNO3. The van der Waals surface area contributed by atoms with Crippen LogP contribution in [0.15, 0.2) is 40.8 Å². The molecule has 0 bridgehead atoms. The zero-order valence-corrected chi connectivity index (χ0v) is 12.5. The predicted octanol–water partition coefficient (Wildman–Crippen LogP) is 3.46. The second-order valence-corrected chi connectivity index (χ2v) is 5.48. The molecule has 0 aliphatic carbocycles. The molecule has 0 spiro atoms. The van der Waals surface area contributed by atoms with Gasteiger partial charge in [-0.3, -0.25) is 4.79 Å². The van der Waals surface area contributed by atoms with Crippen LogP contribution in [0.4, 0.5) is 0 Å². The SMILES string of the molecule is C[C@@H]1CN(C(=O)c2ccc(-c3ccccc3Cl)o2)CCO1. The third-order valence-electron chi connectivity index (χ3n) is 3.48. The molecule has 1 amide bonds. The highest BCUT2D eigenvalue weighted by Crippen LogP contribution is 2.29. The molecule has 1 fully saturated rings. The van der Waals surface area contributed by atoms with Crippen molar-refractivity contribution in [1.29, 1.82) is 0 Å². The lowest BCUT2D eigenvalue weighted by Crippen LogP contribution is -2.44. The van der Waals surface area contributed by atoms with Gasteiger partial charge in [0.2, 0.25) is 0 Å². The molecule has 1 atom stereocenters. The Morgan fingerprint density at radius 2 is 2.10 bits per heavy atom. The lowest BCUT2D eigenvalue weighted by atomic mass is 10.2. The maximum absolute atomic E-state index is 12.4. The van der Waals surface area contributed by atoms with Gasteiger partial charge in [0.1, 0.15) is 5.76 Å². The molecule has 21 heavy (non-hydrogen) atoms. The van der Waals surface area contributed by atoms with Gasteiger partial charge in [0.05, 0.1) is 17.7 Å². The highest BCUT2D eigenvalue weighted by molar-refractivity contribution is 6.33. The Morgan fingerprint density at radius 3 is 2.86 bits per heavy atom. The normalized spacial score (nSPS) is 18.8. The molecule has 2 aromatic rings. The Kier molecular flexibility index (Phi) is 3.99. The summed E-state index contributed by atoms with van der Waals surface area (Å²) >= 11 is 6.14. The lowest BCUT2D eigenvalue weighted by Gasteiger charge is -2.30. The van der Waals surface area contributed by atoms with E-state index in [4.69, 9.17) is 20.8 Å². The Bertz CT molecular complexity index is 652. The van der Waals surface area contributed by atoms with Gasteiger partial charge in [0.15, 0.2) is 5.76 Å². The maximum atomic E-state index is 12.4. The number of ether oxygens (including phenoxy) is 1. The van der Waals surface area contributed by atoms with Crippen molar-refractivity contribution in [3.8, 4) is 11.3 Å². The van der Waals surface area contributed by atoms with E-state index in [-0.39, 0.29) is 12.0 Å². The van der Waals surface area contributed by atoms with E-state index in [0.29, 0.717) is 36.2 Å². The summed E-state index contributed by atoms with van der Waals surface area (Å²) in [5, 5.41) is 0.603. The summed E-state index contributed by atoms with van der Waals surface area (Å²) in [6.07, 6.45) is 0.0562. The van der Waals surface area contributed by atoms with Crippen molar-refractivity contribution in [3.05, 3.63) is 47.2 Å². The summed E-state index contributed by atoms with van der Waals surface area (Å²) in [5.74, 6) is 0.827. The molecule has 110 valence electrons. The molecule has 0 unspecified atom stereocenters. The van der Waals surface area contributed by atoms with Gasteiger partial charge < -0.3 is 14.1 Å². The van der Waals surface area contributed by atoms with Gasteiger partial charge in [-0.1, -0.05) is 23.7 Å². The summed E-state index contributed by atoms with van der Waals surface area (Å²) in [7, 11) is 0. The molecule has 0 saturated carbocycles. The topological polar surface area (TPSA) is 42.7 Å². The number of rotatable bonds is 2. The number of furan rings is 1. The van der Waals surface area contributed by atoms with Gasteiger partial charge in [0, 0.05) is 18.7 Å². The average molecular weight is 306 g/mol. The van der Waals surface area contributed by atoms with Crippen molar-refractivity contribution >= 4 is 17.5 Å². The molecule has 0 radical (unpaired) electrons. The predicted molar refractivity (Wildman–Crippen MR) is 80.5 cm³/mol. The zero-order valence-electron chi connectivity index (χ0n) is 11.7. The fourth-order valence-electron chi connectivity index (χ4n) is 2.42. The van der Waals surface area contributed by atoms with Crippen molar-refractivity contribution < 1.29 is 13.9 Å². The Balaban J connectivity index is 1.82. The third-order valence-corrected chi connectivity index (χ3v) is 3.81. The quantitative estimate of drug-likeness (QED) is 0.853. The first-order valence-corrected chi connectivity index (χ1v) is 7.28. The first-order chi connectivity index (χ1) is 10.1. The van der Waals surface area contributed by atoms with Gasteiger partial charge in [-0.15, -0.1) is 0 Å². The molecule has 1 aliphatic rings. The standard InChI is InChI=1S/C16H16ClNO3/c1-11-10-18(8-9-20-11)16(19)15-7-6-14(21-15)12-4-2-3-5-13(12)17/h2-7,11H,8-10H2,1H3/t11-/m1/s1. The van der Waals surface area contributed by atoms with Crippen LogP contribution in [0.3, 0.4) is 0 Å². The van der Waals surface area contributed by atoms with Crippen molar-refractivity contribution in [3.63, 3.8) is 0 Å². The van der Waals surface area contributed by atoms with Gasteiger partial charge in [0.25, 0.3) is 5.91 Å². The van der Waals surface area contributed by atoms with Gasteiger partial charge in [-0.25, -0.2) is 0 Å². The number of morpholine rings is 1. The number of halogens is 1. The fraction of sp³-hybridized carbons (Fsp3) is 0.312. The minimum Gasteiger partial charge on any atom is -0.451 e. The number of carbonyl (C=O) groups excluding carboxylic acids is 1. The van der Waals surface area contributed by atoms with Crippen LogP contribution in [0.25, 0.3) is 11.3 Å². The minimum atomic E-state index is -0.108. The summed E-state index contributed by atoms with van der Waals surface area (Å²) in [6.45, 7) is 3.69. The summed E-state index contributed by atoms with van der Waals surface area (Å²) < 4.78 is 11.1. The molecule has 5 heteroatoms. The molecule has 0 N–H and O–H groups in total. The highest BCUT2D eigenvalue weighted by Gasteiger charge is 2.25. The van der Waals surface area contributed by atoms with E-state index in [0.717, 1.165) is 5.56 Å². The van der Waals surface area contributed by atoms with Crippen LogP contribution < -0.4 is 0 Å². The monoisotopic (exact) mass is 305 g/mol. The van der Waals surface area contributed by atoms with Gasteiger partial charge in [-0.05, 0) is 31.2 Å². The Hall–Kier alpha value is -1.78. The Labute approximate surface area is 128 Å². The molecule has 1 aromatic heterocycles. The summed E-state index contributed by atoms with van der Waals surface area (Å²) in [4.78, 5) is 14.2. The largest absolute Gasteiger partial charge is 0.451 e. The molecule has 4 nitrogen and oxygen atoms in total. The van der Waals surface area contributed by atoms with Gasteiger partial charge in [-0.2, -0.15) is 0 Å². The third kappa shape index (κ3) is 2.96. The van der Waals surface area contributed by atoms with Crippen molar-refractivity contribution in [2.24, 2.45) is 0 Å². The highest BCUT2D eigenvalue weighted by atomic mass is 35.5. The van der Waals surface area contributed by atoms with Crippen LogP contribution in [0.5, 0.6) is 0 Å². The van der Waals surface area contributed by atoms with Crippen molar-refractivity contribution in [1.82, 2.24) is 4.90 Å². The van der Waals surface area contributed by atoms with Crippen LogP contribution in [0, 0.1) is 0 Å². The van der Waals surface area contributed by atoms with E-state index in [1.54, 1.807) is 23.1 Å². The number of amides is 1.